The van der Waals surface area contributed by atoms with Crippen molar-refractivity contribution in [3.63, 3.8) is 0 Å². The lowest BCUT2D eigenvalue weighted by Gasteiger charge is -2.16. The average Bonchev–Trinajstić information content (AvgIpc) is 2.65. The summed E-state index contributed by atoms with van der Waals surface area (Å²) >= 11 is 0. The molecule has 0 radical (unpaired) electrons. The number of fused-ring (bicyclic) bond motifs is 1. The van der Waals surface area contributed by atoms with E-state index in [2.05, 4.69) is 4.99 Å². The highest BCUT2D eigenvalue weighted by molar-refractivity contribution is 6.17. The summed E-state index contributed by atoms with van der Waals surface area (Å²) in [7, 11) is 1.65. The number of benzene rings is 2. The van der Waals surface area contributed by atoms with Gasteiger partial charge in [-0.05, 0) is 11.6 Å². The highest BCUT2D eigenvalue weighted by Gasteiger charge is 2.23. The first-order valence-electron chi connectivity index (χ1n) is 6.74. The fraction of sp³-hybridized carbons (Fsp3) is 0.125. The van der Waals surface area contributed by atoms with E-state index in [0.717, 1.165) is 5.56 Å². The number of aliphatic imine (C=N–C) groups is 1. The maximum absolute atomic E-state index is 12.3. The minimum Gasteiger partial charge on any atom is -0.313 e. The zero-order valence-electron chi connectivity index (χ0n) is 11.9. The van der Waals surface area contributed by atoms with Crippen LogP contribution in [-0.4, -0.2) is 23.6 Å². The van der Waals surface area contributed by atoms with Gasteiger partial charge in [-0.3, -0.25) is 14.9 Å². The molecular weight excluding hydrogens is 282 g/mol. The minimum absolute atomic E-state index is 0.0438. The minimum atomic E-state index is -0.468. The zero-order chi connectivity index (χ0) is 15.7. The van der Waals surface area contributed by atoms with Gasteiger partial charge in [0, 0.05) is 19.2 Å². The average molecular weight is 295 g/mol. The van der Waals surface area contributed by atoms with Crippen LogP contribution in [0.25, 0.3) is 0 Å². The topological polar surface area (TPSA) is 75.8 Å². The van der Waals surface area contributed by atoms with Crippen LogP contribution in [0.4, 0.5) is 17.1 Å². The van der Waals surface area contributed by atoms with Crippen LogP contribution in [0.2, 0.25) is 0 Å². The van der Waals surface area contributed by atoms with Crippen molar-refractivity contribution in [1.82, 2.24) is 0 Å². The molecular formula is C16H13N3O3. The number of nitrogens with zero attached hydrogens (tertiary/aromatic N) is 3. The summed E-state index contributed by atoms with van der Waals surface area (Å²) in [6, 6.07) is 13.7. The van der Waals surface area contributed by atoms with Crippen LogP contribution in [0.3, 0.4) is 0 Å². The standard InChI is InChI=1S/C16H13N3O3/c1-18-15-8-7-12(19(21)22)9-14(15)17-13(10-16(18)20)11-5-3-2-4-6-11/h2-9H,10H2,1H3. The molecule has 0 aromatic heterocycles. The van der Waals surface area contributed by atoms with Gasteiger partial charge in [0.1, 0.15) is 0 Å². The molecule has 110 valence electrons. The normalized spacial score (nSPS) is 14.1. The van der Waals surface area contributed by atoms with E-state index in [1.807, 2.05) is 30.3 Å². The number of amides is 1. The Morgan fingerprint density at radius 3 is 2.59 bits per heavy atom. The number of nitro groups is 1. The molecule has 22 heavy (non-hydrogen) atoms. The van der Waals surface area contributed by atoms with E-state index in [0.29, 0.717) is 17.1 Å². The van der Waals surface area contributed by atoms with Crippen molar-refractivity contribution in [3.8, 4) is 0 Å². The number of non-ortho nitro benzene ring substituents is 1. The maximum Gasteiger partial charge on any atom is 0.271 e. The fourth-order valence-corrected chi connectivity index (χ4v) is 2.38. The summed E-state index contributed by atoms with van der Waals surface area (Å²) in [5.74, 6) is -0.102. The number of carbonyl (C=O) groups is 1. The SMILES string of the molecule is CN1C(=O)CC(c2ccccc2)=Nc2cc([N+](=O)[O-])ccc21. The maximum atomic E-state index is 12.3. The van der Waals surface area contributed by atoms with E-state index in [4.69, 9.17) is 0 Å². The number of rotatable bonds is 2. The monoisotopic (exact) mass is 295 g/mol. The quantitative estimate of drug-likeness (QED) is 0.631. The highest BCUT2D eigenvalue weighted by atomic mass is 16.6. The summed E-state index contributed by atoms with van der Waals surface area (Å²) in [6.45, 7) is 0. The molecule has 1 amide bonds. The highest BCUT2D eigenvalue weighted by Crippen LogP contribution is 2.35. The van der Waals surface area contributed by atoms with Crippen LogP contribution in [0.1, 0.15) is 12.0 Å². The van der Waals surface area contributed by atoms with Crippen LogP contribution < -0.4 is 4.90 Å². The Hall–Kier alpha value is -3.02. The largest absolute Gasteiger partial charge is 0.313 e. The summed E-state index contributed by atoms with van der Waals surface area (Å²) in [4.78, 5) is 28.8. The Kier molecular flexibility index (Phi) is 3.42. The fourth-order valence-electron chi connectivity index (χ4n) is 2.38. The number of carbonyl (C=O) groups excluding carboxylic acids is 1. The van der Waals surface area contributed by atoms with Crippen molar-refractivity contribution in [2.24, 2.45) is 4.99 Å². The van der Waals surface area contributed by atoms with Crippen molar-refractivity contribution >= 4 is 28.7 Å². The predicted molar refractivity (Wildman–Crippen MR) is 83.8 cm³/mol. The van der Waals surface area contributed by atoms with E-state index >= 15 is 0 Å². The molecule has 0 atom stereocenters. The van der Waals surface area contributed by atoms with Gasteiger partial charge in [-0.15, -0.1) is 0 Å². The molecule has 0 unspecified atom stereocenters. The number of anilines is 1. The summed E-state index contributed by atoms with van der Waals surface area (Å²) < 4.78 is 0. The third-order valence-corrected chi connectivity index (χ3v) is 3.59. The Morgan fingerprint density at radius 1 is 1.18 bits per heavy atom. The van der Waals surface area contributed by atoms with E-state index in [1.54, 1.807) is 13.1 Å². The second-order valence-corrected chi connectivity index (χ2v) is 4.98. The lowest BCUT2D eigenvalue weighted by molar-refractivity contribution is -0.384. The second-order valence-electron chi connectivity index (χ2n) is 4.98. The Labute approximate surface area is 126 Å². The molecule has 1 aliphatic rings. The predicted octanol–water partition coefficient (Wildman–Crippen LogP) is 3.08. The number of hydrogen-bond acceptors (Lipinski definition) is 4. The van der Waals surface area contributed by atoms with Gasteiger partial charge < -0.3 is 4.90 Å². The molecule has 2 aromatic rings. The molecule has 0 fully saturated rings. The first-order chi connectivity index (χ1) is 10.6. The summed E-state index contributed by atoms with van der Waals surface area (Å²) in [5.41, 5.74) is 2.40. The van der Waals surface area contributed by atoms with Gasteiger partial charge in [0.15, 0.2) is 0 Å². The molecule has 3 rings (SSSR count). The first-order valence-corrected chi connectivity index (χ1v) is 6.74. The van der Waals surface area contributed by atoms with Crippen LogP contribution in [0.5, 0.6) is 0 Å². The van der Waals surface area contributed by atoms with Crippen LogP contribution >= 0.6 is 0 Å². The molecule has 0 bridgehead atoms. The van der Waals surface area contributed by atoms with Crippen molar-refractivity contribution < 1.29 is 9.72 Å². The molecule has 2 aromatic carbocycles. The van der Waals surface area contributed by atoms with E-state index < -0.39 is 4.92 Å². The molecule has 0 saturated carbocycles. The third-order valence-electron chi connectivity index (χ3n) is 3.59. The molecule has 0 N–H and O–H groups in total. The molecule has 0 aliphatic carbocycles. The van der Waals surface area contributed by atoms with Crippen LogP contribution in [0, 0.1) is 10.1 Å². The Balaban J connectivity index is 2.17. The molecule has 1 aliphatic heterocycles. The summed E-state index contributed by atoms with van der Waals surface area (Å²) in [5, 5.41) is 10.9. The van der Waals surface area contributed by atoms with E-state index in [-0.39, 0.29) is 18.0 Å². The molecule has 1 heterocycles. The lowest BCUT2D eigenvalue weighted by atomic mass is 10.1. The number of hydrogen-bond donors (Lipinski definition) is 0. The van der Waals surface area contributed by atoms with Crippen LogP contribution in [0.15, 0.2) is 53.5 Å². The molecule has 6 nitrogen and oxygen atoms in total. The van der Waals surface area contributed by atoms with Gasteiger partial charge >= 0.3 is 0 Å². The van der Waals surface area contributed by atoms with Gasteiger partial charge in [0.05, 0.1) is 28.4 Å². The van der Waals surface area contributed by atoms with Crippen LogP contribution in [-0.2, 0) is 4.79 Å². The third kappa shape index (κ3) is 2.46. The first kappa shape index (κ1) is 13.9. The van der Waals surface area contributed by atoms with Gasteiger partial charge in [-0.25, -0.2) is 4.99 Å². The van der Waals surface area contributed by atoms with E-state index in [9.17, 15) is 14.9 Å². The van der Waals surface area contributed by atoms with Gasteiger partial charge in [-0.1, -0.05) is 30.3 Å². The Bertz CT molecular complexity index is 784. The second kappa shape index (κ2) is 5.40. The molecule has 6 heteroatoms. The van der Waals surface area contributed by atoms with Gasteiger partial charge in [-0.2, -0.15) is 0 Å². The van der Waals surface area contributed by atoms with Crippen molar-refractivity contribution in [2.45, 2.75) is 6.42 Å². The van der Waals surface area contributed by atoms with E-state index in [1.165, 1.54) is 17.0 Å². The zero-order valence-corrected chi connectivity index (χ0v) is 11.9. The van der Waals surface area contributed by atoms with Crippen molar-refractivity contribution in [2.75, 3.05) is 11.9 Å². The van der Waals surface area contributed by atoms with Crippen molar-refractivity contribution in [1.29, 1.82) is 0 Å². The smallest absolute Gasteiger partial charge is 0.271 e. The van der Waals surface area contributed by atoms with Crippen molar-refractivity contribution in [3.05, 3.63) is 64.2 Å². The summed E-state index contributed by atoms with van der Waals surface area (Å²) in [6.07, 6.45) is 0.156. The lowest BCUT2D eigenvalue weighted by Crippen LogP contribution is -2.27. The Morgan fingerprint density at radius 2 is 1.91 bits per heavy atom. The molecule has 0 spiro atoms. The van der Waals surface area contributed by atoms with Gasteiger partial charge in [0.2, 0.25) is 5.91 Å². The molecule has 0 saturated heterocycles. The number of nitro benzene ring substituents is 1. The van der Waals surface area contributed by atoms with Gasteiger partial charge in [0.25, 0.3) is 5.69 Å².